The van der Waals surface area contributed by atoms with Gasteiger partial charge in [0, 0.05) is 10.3 Å². The van der Waals surface area contributed by atoms with Crippen LogP contribution in [0.2, 0.25) is 4.34 Å². The molecule has 1 heterocycles. The molecule has 0 aliphatic rings. The second kappa shape index (κ2) is 3.46. The van der Waals surface area contributed by atoms with Crippen LogP contribution < -0.4 is 0 Å². The fraction of sp³-hybridized carbons (Fsp3) is 0. The number of rotatable bonds is 1. The molecule has 5 heteroatoms. The molecular weight excluding hydrogens is 240 g/mol. The summed E-state index contributed by atoms with van der Waals surface area (Å²) in [6.45, 7) is 0. The number of hydrogen-bond acceptors (Lipinski definition) is 3. The van der Waals surface area contributed by atoms with Gasteiger partial charge in [-0.25, -0.2) is 4.79 Å². The highest BCUT2D eigenvalue weighted by atomic mass is 35.5. The minimum Gasteiger partial charge on any atom is -0.478 e. The zero-order chi connectivity index (χ0) is 10.3. The van der Waals surface area contributed by atoms with Gasteiger partial charge < -0.3 is 5.11 Å². The van der Waals surface area contributed by atoms with Crippen molar-refractivity contribution in [2.45, 2.75) is 4.90 Å². The predicted octanol–water partition coefficient (Wildman–Crippen LogP) is 3.54. The van der Waals surface area contributed by atoms with Gasteiger partial charge in [-0.1, -0.05) is 23.7 Å². The monoisotopic (exact) mass is 244 g/mol. The molecule has 2 nitrogen and oxygen atoms in total. The Bertz CT molecular complexity index is 519. The van der Waals surface area contributed by atoms with Crippen molar-refractivity contribution in [1.29, 1.82) is 0 Å². The molecule has 0 aliphatic heterocycles. The van der Waals surface area contributed by atoms with Crippen molar-refractivity contribution in [3.63, 3.8) is 0 Å². The lowest BCUT2D eigenvalue weighted by Gasteiger charge is -1.94. The summed E-state index contributed by atoms with van der Waals surface area (Å²) >= 11 is 11.3. The van der Waals surface area contributed by atoms with Gasteiger partial charge in [0.1, 0.15) is 4.34 Å². The Morgan fingerprint density at radius 1 is 1.50 bits per heavy atom. The van der Waals surface area contributed by atoms with Gasteiger partial charge >= 0.3 is 5.97 Å². The van der Waals surface area contributed by atoms with Crippen LogP contribution in [0.25, 0.3) is 10.1 Å². The summed E-state index contributed by atoms with van der Waals surface area (Å²) in [5.41, 5.74) is 0.169. The molecule has 0 fully saturated rings. The standard InChI is InChI=1S/C9H5ClO2S2/c10-8-6(9(11)12)4-2-1-3-5(13)7(4)14-8/h1-3,13H,(H,11,12). The van der Waals surface area contributed by atoms with E-state index in [0.717, 1.165) is 9.60 Å². The second-order valence-electron chi connectivity index (χ2n) is 2.71. The van der Waals surface area contributed by atoms with Crippen LogP contribution in [0.1, 0.15) is 10.4 Å². The summed E-state index contributed by atoms with van der Waals surface area (Å²) in [5.74, 6) is -1.000. The second-order valence-corrected chi connectivity index (χ2v) is 4.81. The molecular formula is C9H5ClO2S2. The van der Waals surface area contributed by atoms with Gasteiger partial charge in [0.25, 0.3) is 0 Å². The van der Waals surface area contributed by atoms with E-state index in [4.69, 9.17) is 16.7 Å². The number of hydrogen-bond donors (Lipinski definition) is 2. The first-order chi connectivity index (χ1) is 6.61. The molecule has 2 aromatic rings. The number of aromatic carboxylic acids is 1. The maximum atomic E-state index is 10.9. The van der Waals surface area contributed by atoms with Gasteiger partial charge in [-0.05, 0) is 6.07 Å². The van der Waals surface area contributed by atoms with E-state index in [1.807, 2.05) is 6.07 Å². The van der Waals surface area contributed by atoms with Crippen molar-refractivity contribution in [3.05, 3.63) is 28.1 Å². The Kier molecular flexibility index (Phi) is 2.43. The van der Waals surface area contributed by atoms with Crippen LogP contribution in [-0.2, 0) is 0 Å². The number of halogens is 1. The molecule has 1 aromatic carbocycles. The molecule has 0 saturated carbocycles. The van der Waals surface area contributed by atoms with Gasteiger partial charge in [-0.3, -0.25) is 0 Å². The van der Waals surface area contributed by atoms with E-state index < -0.39 is 5.97 Å². The van der Waals surface area contributed by atoms with E-state index in [0.29, 0.717) is 9.72 Å². The fourth-order valence-electron chi connectivity index (χ4n) is 1.27. The molecule has 0 amide bonds. The molecule has 0 spiro atoms. The van der Waals surface area contributed by atoms with Crippen molar-refractivity contribution >= 4 is 51.6 Å². The molecule has 0 atom stereocenters. The minimum atomic E-state index is -1.000. The first-order valence-electron chi connectivity index (χ1n) is 3.74. The number of thiophene rings is 1. The first-order valence-corrected chi connectivity index (χ1v) is 5.38. The zero-order valence-corrected chi connectivity index (χ0v) is 9.29. The predicted molar refractivity (Wildman–Crippen MR) is 61.0 cm³/mol. The van der Waals surface area contributed by atoms with E-state index >= 15 is 0 Å². The minimum absolute atomic E-state index is 0.169. The summed E-state index contributed by atoms with van der Waals surface area (Å²) in [4.78, 5) is 11.7. The van der Waals surface area contributed by atoms with Crippen LogP contribution in [0, 0.1) is 0 Å². The van der Waals surface area contributed by atoms with Crippen molar-refractivity contribution in [1.82, 2.24) is 0 Å². The molecule has 72 valence electrons. The van der Waals surface area contributed by atoms with Crippen LogP contribution in [-0.4, -0.2) is 11.1 Å². The van der Waals surface area contributed by atoms with E-state index in [-0.39, 0.29) is 5.56 Å². The van der Waals surface area contributed by atoms with E-state index in [1.165, 1.54) is 11.3 Å². The van der Waals surface area contributed by atoms with Crippen LogP contribution in [0.4, 0.5) is 0 Å². The zero-order valence-electron chi connectivity index (χ0n) is 6.82. The Hall–Kier alpha value is -0.710. The first kappa shape index (κ1) is 9.83. The lowest BCUT2D eigenvalue weighted by molar-refractivity contribution is 0.0699. The number of benzene rings is 1. The van der Waals surface area contributed by atoms with Crippen molar-refractivity contribution in [2.75, 3.05) is 0 Å². The molecule has 1 aromatic heterocycles. The third-order valence-electron chi connectivity index (χ3n) is 1.87. The van der Waals surface area contributed by atoms with Gasteiger partial charge in [-0.2, -0.15) is 0 Å². The SMILES string of the molecule is O=C(O)c1c(Cl)sc2c(S)cccc12. The lowest BCUT2D eigenvalue weighted by Crippen LogP contribution is -1.94. The van der Waals surface area contributed by atoms with Crippen LogP contribution in [0.3, 0.4) is 0 Å². The Balaban J connectivity index is 2.90. The van der Waals surface area contributed by atoms with Gasteiger partial charge in [0.05, 0.1) is 10.3 Å². The summed E-state index contributed by atoms with van der Waals surface area (Å²) < 4.78 is 1.12. The summed E-state index contributed by atoms with van der Waals surface area (Å²) in [5, 5.41) is 9.59. The number of carboxylic acids is 1. The maximum Gasteiger partial charge on any atom is 0.338 e. The highest BCUT2D eigenvalue weighted by Gasteiger charge is 2.17. The van der Waals surface area contributed by atoms with Crippen LogP contribution in [0.15, 0.2) is 23.1 Å². The van der Waals surface area contributed by atoms with Gasteiger partial charge in [0.15, 0.2) is 0 Å². The maximum absolute atomic E-state index is 10.9. The number of fused-ring (bicyclic) bond motifs is 1. The Labute approximate surface area is 94.5 Å². The third kappa shape index (κ3) is 1.39. The van der Waals surface area contributed by atoms with E-state index in [1.54, 1.807) is 12.1 Å². The number of carbonyl (C=O) groups is 1. The van der Waals surface area contributed by atoms with Crippen molar-refractivity contribution in [3.8, 4) is 0 Å². The van der Waals surface area contributed by atoms with E-state index in [2.05, 4.69) is 12.6 Å². The summed E-state index contributed by atoms with van der Waals surface area (Å²) in [7, 11) is 0. The fourth-order valence-corrected chi connectivity index (χ4v) is 2.96. The lowest BCUT2D eigenvalue weighted by atomic mass is 10.2. The van der Waals surface area contributed by atoms with Crippen LogP contribution in [0.5, 0.6) is 0 Å². The van der Waals surface area contributed by atoms with Gasteiger partial charge in [0.2, 0.25) is 0 Å². The van der Waals surface area contributed by atoms with Gasteiger partial charge in [-0.15, -0.1) is 24.0 Å². The topological polar surface area (TPSA) is 37.3 Å². The highest BCUT2D eigenvalue weighted by molar-refractivity contribution is 7.80. The molecule has 0 saturated heterocycles. The smallest absolute Gasteiger partial charge is 0.338 e. The third-order valence-corrected chi connectivity index (χ3v) is 3.84. The number of carboxylic acid groups (broad SMARTS) is 1. The molecule has 0 bridgehead atoms. The Morgan fingerprint density at radius 2 is 2.21 bits per heavy atom. The molecule has 2 rings (SSSR count). The van der Waals surface area contributed by atoms with Crippen LogP contribution >= 0.6 is 35.6 Å². The molecule has 14 heavy (non-hydrogen) atoms. The molecule has 0 unspecified atom stereocenters. The van der Waals surface area contributed by atoms with Crippen molar-refractivity contribution < 1.29 is 9.90 Å². The average Bonchev–Trinajstić information content (AvgIpc) is 2.42. The molecule has 0 radical (unpaired) electrons. The van der Waals surface area contributed by atoms with Crippen molar-refractivity contribution in [2.24, 2.45) is 0 Å². The quantitative estimate of drug-likeness (QED) is 0.753. The summed E-state index contributed by atoms with van der Waals surface area (Å²) in [6.07, 6.45) is 0. The van der Waals surface area contributed by atoms with E-state index in [9.17, 15) is 4.79 Å². The normalized spacial score (nSPS) is 10.7. The highest BCUT2D eigenvalue weighted by Crippen LogP contribution is 2.38. The molecule has 1 N–H and O–H groups in total. The average molecular weight is 245 g/mol. The molecule has 0 aliphatic carbocycles. The number of thiol groups is 1. The largest absolute Gasteiger partial charge is 0.478 e. The Morgan fingerprint density at radius 3 is 2.86 bits per heavy atom. The summed E-state index contributed by atoms with van der Waals surface area (Å²) in [6, 6.07) is 5.31.